The van der Waals surface area contributed by atoms with Gasteiger partial charge < -0.3 is 4.90 Å². The highest BCUT2D eigenvalue weighted by Gasteiger charge is 2.37. The average molecular weight is 680 g/mol. The highest BCUT2D eigenvalue weighted by atomic mass is 15.1. The van der Waals surface area contributed by atoms with Gasteiger partial charge in [0, 0.05) is 27.8 Å². The van der Waals surface area contributed by atoms with Crippen LogP contribution in [0.1, 0.15) is 49.9 Å². The summed E-state index contributed by atoms with van der Waals surface area (Å²) in [4.78, 5) is 2.47. The molecule has 0 heterocycles. The Hall–Kier alpha value is -6.18. The van der Waals surface area contributed by atoms with Gasteiger partial charge in [0.05, 0.1) is 5.69 Å². The fraction of sp³-hybridized carbons (Fsp3) is 0.115. The summed E-state index contributed by atoms with van der Waals surface area (Å²) in [6, 6.07) is 65.3. The standard InChI is InChI=1S/C52H41N/c1-51(2)45-20-12-10-18-41(45)43-29-24-37(32-47(43)51)34-22-26-38(27-23-34)53(39-28-30-44-42-19-11-13-21-46(42)52(3,4)48(44)33-39)49-31-25-35-14-8-9-17-40(35)50(49)36-15-6-5-7-16-36/h5-33H,1-4H3. The molecule has 1 nitrogen and oxygen atoms in total. The van der Waals surface area contributed by atoms with Gasteiger partial charge in [0.25, 0.3) is 0 Å². The van der Waals surface area contributed by atoms with Crippen LogP contribution in [0.4, 0.5) is 17.1 Å². The highest BCUT2D eigenvalue weighted by Crippen LogP contribution is 2.53. The van der Waals surface area contributed by atoms with Crippen LogP contribution in [-0.4, -0.2) is 0 Å². The predicted octanol–water partition coefficient (Wildman–Crippen LogP) is 14.3. The lowest BCUT2D eigenvalue weighted by atomic mass is 9.81. The maximum Gasteiger partial charge on any atom is 0.0546 e. The highest BCUT2D eigenvalue weighted by molar-refractivity contribution is 6.05. The summed E-state index contributed by atoms with van der Waals surface area (Å²) in [6.07, 6.45) is 0. The lowest BCUT2D eigenvalue weighted by molar-refractivity contribution is 0.660. The van der Waals surface area contributed by atoms with Crippen molar-refractivity contribution < 1.29 is 0 Å². The van der Waals surface area contributed by atoms with Crippen LogP contribution in [0.5, 0.6) is 0 Å². The van der Waals surface area contributed by atoms with Crippen molar-refractivity contribution in [2.45, 2.75) is 38.5 Å². The summed E-state index contributed by atoms with van der Waals surface area (Å²) in [5.74, 6) is 0. The van der Waals surface area contributed by atoms with Crippen molar-refractivity contribution in [3.63, 3.8) is 0 Å². The Morgan fingerprint density at radius 3 is 1.58 bits per heavy atom. The van der Waals surface area contributed by atoms with Gasteiger partial charge >= 0.3 is 0 Å². The van der Waals surface area contributed by atoms with Gasteiger partial charge in [-0.25, -0.2) is 0 Å². The Balaban J connectivity index is 1.15. The zero-order chi connectivity index (χ0) is 35.9. The molecule has 0 N–H and O–H groups in total. The van der Waals surface area contributed by atoms with E-state index in [1.54, 1.807) is 0 Å². The molecule has 8 aromatic rings. The quantitative estimate of drug-likeness (QED) is 0.175. The van der Waals surface area contributed by atoms with E-state index in [1.165, 1.54) is 77.5 Å². The second-order valence-corrected chi connectivity index (χ2v) is 15.8. The van der Waals surface area contributed by atoms with Crippen LogP contribution >= 0.6 is 0 Å². The summed E-state index contributed by atoms with van der Waals surface area (Å²) in [6.45, 7) is 9.43. The van der Waals surface area contributed by atoms with Crippen LogP contribution in [0.3, 0.4) is 0 Å². The van der Waals surface area contributed by atoms with Crippen molar-refractivity contribution in [3.8, 4) is 44.5 Å². The number of benzene rings is 8. The first-order chi connectivity index (χ1) is 25.8. The van der Waals surface area contributed by atoms with Gasteiger partial charge in [0.15, 0.2) is 0 Å². The van der Waals surface area contributed by atoms with Crippen LogP contribution < -0.4 is 4.90 Å². The lowest BCUT2D eigenvalue weighted by Crippen LogP contribution is -2.17. The molecule has 10 rings (SSSR count). The van der Waals surface area contributed by atoms with E-state index in [-0.39, 0.29) is 10.8 Å². The van der Waals surface area contributed by atoms with Gasteiger partial charge in [0.2, 0.25) is 0 Å². The smallest absolute Gasteiger partial charge is 0.0546 e. The third kappa shape index (κ3) is 4.77. The van der Waals surface area contributed by atoms with E-state index in [1.807, 2.05) is 0 Å². The van der Waals surface area contributed by atoms with Crippen molar-refractivity contribution in [1.29, 1.82) is 0 Å². The molecule has 0 saturated heterocycles. The minimum atomic E-state index is -0.107. The first-order valence-electron chi connectivity index (χ1n) is 18.8. The van der Waals surface area contributed by atoms with E-state index in [0.29, 0.717) is 0 Å². The van der Waals surface area contributed by atoms with Crippen LogP contribution in [-0.2, 0) is 10.8 Å². The molecular weight excluding hydrogens is 639 g/mol. The summed E-state index contributed by atoms with van der Waals surface area (Å²) < 4.78 is 0. The number of anilines is 3. The molecule has 0 saturated carbocycles. The Kier molecular flexibility index (Phi) is 6.94. The Bertz CT molecular complexity index is 2710. The fourth-order valence-corrected chi connectivity index (χ4v) is 9.30. The molecule has 254 valence electrons. The Labute approximate surface area is 312 Å². The SMILES string of the molecule is CC1(C)c2ccccc2-c2ccc(-c3ccc(N(c4ccc5c(c4)C(C)(C)c4ccccc4-5)c4ccc5ccccc5c4-c4ccccc4)cc3)cc21. The largest absolute Gasteiger partial charge is 0.310 e. The second-order valence-electron chi connectivity index (χ2n) is 15.8. The molecule has 0 bridgehead atoms. The molecule has 0 atom stereocenters. The maximum atomic E-state index is 2.47. The molecule has 8 aromatic carbocycles. The normalized spacial score (nSPS) is 14.3. The molecule has 0 radical (unpaired) electrons. The number of hydrogen-bond donors (Lipinski definition) is 0. The topological polar surface area (TPSA) is 3.24 Å². The summed E-state index contributed by atoms with van der Waals surface area (Å²) in [7, 11) is 0. The van der Waals surface area contributed by atoms with Crippen molar-refractivity contribution in [2.24, 2.45) is 0 Å². The van der Waals surface area contributed by atoms with Gasteiger partial charge in [-0.3, -0.25) is 0 Å². The predicted molar refractivity (Wildman–Crippen MR) is 225 cm³/mol. The first kappa shape index (κ1) is 31.5. The molecule has 2 aliphatic carbocycles. The number of nitrogens with zero attached hydrogens (tertiary/aromatic N) is 1. The molecular formula is C52H41N. The summed E-state index contributed by atoms with van der Waals surface area (Å²) >= 11 is 0. The minimum Gasteiger partial charge on any atom is -0.310 e. The molecule has 0 aromatic heterocycles. The molecule has 0 spiro atoms. The number of hydrogen-bond acceptors (Lipinski definition) is 1. The van der Waals surface area contributed by atoms with Gasteiger partial charge in [-0.1, -0.05) is 167 Å². The van der Waals surface area contributed by atoms with Crippen LogP contribution in [0.25, 0.3) is 55.3 Å². The number of fused-ring (bicyclic) bond motifs is 7. The Morgan fingerprint density at radius 1 is 0.358 bits per heavy atom. The van der Waals surface area contributed by atoms with E-state index in [9.17, 15) is 0 Å². The van der Waals surface area contributed by atoms with Gasteiger partial charge in [-0.15, -0.1) is 0 Å². The molecule has 0 fully saturated rings. The summed E-state index contributed by atoms with van der Waals surface area (Å²) in [5, 5.41) is 2.48. The van der Waals surface area contributed by atoms with E-state index in [2.05, 4.69) is 209 Å². The van der Waals surface area contributed by atoms with Crippen molar-refractivity contribution >= 4 is 27.8 Å². The summed E-state index contributed by atoms with van der Waals surface area (Å²) in [5.41, 5.74) is 19.1. The van der Waals surface area contributed by atoms with Crippen LogP contribution in [0, 0.1) is 0 Å². The molecule has 1 heteroatoms. The van der Waals surface area contributed by atoms with Gasteiger partial charge in [-0.05, 0) is 108 Å². The van der Waals surface area contributed by atoms with Gasteiger partial charge in [-0.2, -0.15) is 0 Å². The third-order valence-corrected chi connectivity index (χ3v) is 12.1. The third-order valence-electron chi connectivity index (χ3n) is 12.1. The zero-order valence-corrected chi connectivity index (χ0v) is 30.7. The van der Waals surface area contributed by atoms with Crippen molar-refractivity contribution in [1.82, 2.24) is 0 Å². The molecule has 0 aliphatic heterocycles. The average Bonchev–Trinajstić information content (AvgIpc) is 3.57. The first-order valence-corrected chi connectivity index (χ1v) is 18.8. The van der Waals surface area contributed by atoms with Gasteiger partial charge in [0.1, 0.15) is 0 Å². The van der Waals surface area contributed by atoms with E-state index in [4.69, 9.17) is 0 Å². The van der Waals surface area contributed by atoms with E-state index < -0.39 is 0 Å². The molecule has 2 aliphatic rings. The van der Waals surface area contributed by atoms with Crippen molar-refractivity contribution in [2.75, 3.05) is 4.90 Å². The van der Waals surface area contributed by atoms with E-state index >= 15 is 0 Å². The monoisotopic (exact) mass is 679 g/mol. The number of rotatable bonds is 5. The Morgan fingerprint density at radius 2 is 0.887 bits per heavy atom. The second kappa shape index (κ2) is 11.7. The fourth-order valence-electron chi connectivity index (χ4n) is 9.30. The maximum absolute atomic E-state index is 2.47. The van der Waals surface area contributed by atoms with Crippen molar-refractivity contribution in [3.05, 3.63) is 198 Å². The molecule has 53 heavy (non-hydrogen) atoms. The van der Waals surface area contributed by atoms with Crippen LogP contribution in [0.2, 0.25) is 0 Å². The van der Waals surface area contributed by atoms with Crippen LogP contribution in [0.15, 0.2) is 176 Å². The minimum absolute atomic E-state index is 0.0381. The molecule has 0 unspecified atom stereocenters. The van der Waals surface area contributed by atoms with E-state index in [0.717, 1.165) is 17.1 Å². The lowest BCUT2D eigenvalue weighted by Gasteiger charge is -2.30. The zero-order valence-electron chi connectivity index (χ0n) is 30.7. The molecule has 0 amide bonds.